The summed E-state index contributed by atoms with van der Waals surface area (Å²) in [4.78, 5) is 61.8. The predicted octanol–water partition coefficient (Wildman–Crippen LogP) is 2.52. The average molecular weight is 430 g/mol. The predicted molar refractivity (Wildman–Crippen MR) is 106 cm³/mol. The molecule has 0 spiro atoms. The first kappa shape index (κ1) is 21.2. The van der Waals surface area contributed by atoms with Gasteiger partial charge in [-0.3, -0.25) is 19.3 Å². The highest BCUT2D eigenvalue weighted by atomic mass is 32.1. The Morgan fingerprint density at radius 1 is 1.10 bits per heavy atom. The molecule has 0 radical (unpaired) electrons. The van der Waals surface area contributed by atoms with Gasteiger partial charge < -0.3 is 15.2 Å². The summed E-state index contributed by atoms with van der Waals surface area (Å²) in [7, 11) is 0. The van der Waals surface area contributed by atoms with Crippen molar-refractivity contribution in [3.05, 3.63) is 51.9 Å². The van der Waals surface area contributed by atoms with E-state index >= 15 is 0 Å². The average Bonchev–Trinajstić information content (AvgIpc) is 3.15. The Hall–Kier alpha value is -3.53. The number of thiophene rings is 1. The Kier molecular flexibility index (Phi) is 5.45. The van der Waals surface area contributed by atoms with Gasteiger partial charge in [0.1, 0.15) is 10.6 Å². The summed E-state index contributed by atoms with van der Waals surface area (Å²) in [6.45, 7) is 4.60. The minimum absolute atomic E-state index is 0.0926. The number of amides is 3. The van der Waals surface area contributed by atoms with Crippen molar-refractivity contribution in [2.45, 2.75) is 32.9 Å². The van der Waals surface area contributed by atoms with E-state index in [2.05, 4.69) is 5.32 Å². The number of nitrogens with zero attached hydrogens (tertiary/aromatic N) is 1. The topological polar surface area (TPSA) is 130 Å². The first-order valence-electron chi connectivity index (χ1n) is 8.83. The van der Waals surface area contributed by atoms with E-state index in [4.69, 9.17) is 4.74 Å². The van der Waals surface area contributed by atoms with Gasteiger partial charge in [0.05, 0.1) is 23.2 Å². The number of aromatic carboxylic acids is 1. The number of imide groups is 1. The summed E-state index contributed by atoms with van der Waals surface area (Å²) < 4.78 is 4.96. The van der Waals surface area contributed by atoms with Gasteiger partial charge in [0.2, 0.25) is 0 Å². The maximum atomic E-state index is 12.5. The zero-order valence-electron chi connectivity index (χ0n) is 16.3. The van der Waals surface area contributed by atoms with Crippen LogP contribution in [0, 0.1) is 0 Å². The minimum atomic E-state index is -1.33. The van der Waals surface area contributed by atoms with Crippen molar-refractivity contribution in [3.63, 3.8) is 0 Å². The third kappa shape index (κ3) is 4.23. The van der Waals surface area contributed by atoms with Crippen LogP contribution in [0.25, 0.3) is 0 Å². The number of anilines is 1. The van der Waals surface area contributed by atoms with Crippen LogP contribution in [-0.4, -0.2) is 45.3 Å². The molecule has 0 aliphatic carbocycles. The van der Waals surface area contributed by atoms with E-state index < -0.39 is 35.3 Å². The number of fused-ring (bicyclic) bond motifs is 1. The van der Waals surface area contributed by atoms with Gasteiger partial charge in [-0.05, 0) is 39.0 Å². The number of hydrogen-bond acceptors (Lipinski definition) is 7. The third-order valence-electron chi connectivity index (χ3n) is 4.02. The van der Waals surface area contributed by atoms with E-state index in [-0.39, 0.29) is 28.2 Å². The smallest absolute Gasteiger partial charge is 0.397 e. The van der Waals surface area contributed by atoms with Crippen molar-refractivity contribution in [1.29, 1.82) is 0 Å². The summed E-state index contributed by atoms with van der Waals surface area (Å²) in [6, 6.07) is 7.62. The Bertz CT molecular complexity index is 1050. The van der Waals surface area contributed by atoms with Gasteiger partial charge in [0.15, 0.2) is 0 Å². The first-order valence-corrected chi connectivity index (χ1v) is 9.65. The molecule has 1 aliphatic heterocycles. The lowest BCUT2D eigenvalue weighted by Gasteiger charge is -2.18. The molecule has 2 N–H and O–H groups in total. The largest absolute Gasteiger partial charge is 0.478 e. The zero-order valence-corrected chi connectivity index (χ0v) is 17.2. The summed E-state index contributed by atoms with van der Waals surface area (Å²) >= 11 is 0.855. The van der Waals surface area contributed by atoms with Crippen LogP contribution in [0.5, 0.6) is 0 Å². The molecule has 3 amide bonds. The second-order valence-electron chi connectivity index (χ2n) is 7.46. The standard InChI is InChI=1S/C20H18N2O7S/c1-20(2,3)29-19(28)14(23)21-15-13(18(26)27)8-10(30-15)9-22-16(24)11-6-4-5-7-12(11)17(22)25/h4-8H,9H2,1-3H3,(H,21,23)(H,26,27). The van der Waals surface area contributed by atoms with E-state index in [1.54, 1.807) is 45.0 Å². The number of rotatable bonds is 4. The van der Waals surface area contributed by atoms with Crippen LogP contribution in [-0.2, 0) is 20.9 Å². The Labute approximate surface area is 175 Å². The van der Waals surface area contributed by atoms with E-state index in [0.717, 1.165) is 16.2 Å². The molecule has 0 atom stereocenters. The molecule has 9 nitrogen and oxygen atoms in total. The van der Waals surface area contributed by atoms with Crippen LogP contribution in [0.15, 0.2) is 30.3 Å². The van der Waals surface area contributed by atoms with Crippen molar-refractivity contribution in [2.75, 3.05) is 5.32 Å². The number of hydrogen-bond donors (Lipinski definition) is 2. The minimum Gasteiger partial charge on any atom is -0.478 e. The molecule has 0 fully saturated rings. The SMILES string of the molecule is CC(C)(C)OC(=O)C(=O)Nc1sc(CN2C(=O)c3ccccc3C2=O)cc1C(=O)O. The molecule has 0 saturated carbocycles. The van der Waals surface area contributed by atoms with E-state index in [9.17, 15) is 29.1 Å². The number of esters is 1. The highest BCUT2D eigenvalue weighted by molar-refractivity contribution is 7.16. The lowest BCUT2D eigenvalue weighted by molar-refractivity contribution is -0.161. The number of carboxylic acids is 1. The van der Waals surface area contributed by atoms with Crippen molar-refractivity contribution in [3.8, 4) is 0 Å². The Morgan fingerprint density at radius 2 is 1.67 bits per heavy atom. The van der Waals surface area contributed by atoms with E-state index in [0.29, 0.717) is 4.88 Å². The summed E-state index contributed by atoms with van der Waals surface area (Å²) in [5, 5.41) is 11.6. The van der Waals surface area contributed by atoms with Crippen LogP contribution in [0.1, 0.15) is 56.7 Å². The number of nitrogens with one attached hydrogen (secondary N) is 1. The van der Waals surface area contributed by atoms with Gasteiger partial charge in [-0.15, -0.1) is 11.3 Å². The highest BCUT2D eigenvalue weighted by Crippen LogP contribution is 2.32. The van der Waals surface area contributed by atoms with E-state index in [1.807, 2.05) is 0 Å². The number of carbonyl (C=O) groups is 5. The third-order valence-corrected chi connectivity index (χ3v) is 5.05. The van der Waals surface area contributed by atoms with Gasteiger partial charge >= 0.3 is 17.8 Å². The molecule has 2 aromatic rings. The second-order valence-corrected chi connectivity index (χ2v) is 8.60. The fraction of sp³-hybridized carbons (Fsp3) is 0.250. The molecule has 156 valence electrons. The van der Waals surface area contributed by atoms with Gasteiger partial charge in [0.25, 0.3) is 11.8 Å². The molecule has 10 heteroatoms. The van der Waals surface area contributed by atoms with Gasteiger partial charge in [-0.2, -0.15) is 0 Å². The van der Waals surface area contributed by atoms with E-state index in [1.165, 1.54) is 6.07 Å². The normalized spacial score (nSPS) is 13.2. The molecular weight excluding hydrogens is 412 g/mol. The maximum absolute atomic E-state index is 12.5. The van der Waals surface area contributed by atoms with Gasteiger partial charge in [0, 0.05) is 4.88 Å². The lowest BCUT2D eigenvalue weighted by Crippen LogP contribution is -2.32. The second kappa shape index (κ2) is 7.71. The molecule has 0 bridgehead atoms. The van der Waals surface area contributed by atoms with Crippen LogP contribution >= 0.6 is 11.3 Å². The number of benzene rings is 1. The zero-order chi connectivity index (χ0) is 22.2. The lowest BCUT2D eigenvalue weighted by atomic mass is 10.1. The molecule has 1 aliphatic rings. The molecule has 1 aromatic heterocycles. The van der Waals surface area contributed by atoms with Gasteiger partial charge in [-0.25, -0.2) is 9.59 Å². The first-order chi connectivity index (χ1) is 14.0. The van der Waals surface area contributed by atoms with Crippen molar-refractivity contribution in [2.24, 2.45) is 0 Å². The fourth-order valence-corrected chi connectivity index (χ4v) is 3.82. The fourth-order valence-electron chi connectivity index (χ4n) is 2.79. The Balaban J connectivity index is 1.81. The molecule has 0 unspecified atom stereocenters. The van der Waals surface area contributed by atoms with Crippen molar-refractivity contribution >= 4 is 46.0 Å². The van der Waals surface area contributed by atoms with Crippen LogP contribution < -0.4 is 5.32 Å². The van der Waals surface area contributed by atoms with Gasteiger partial charge in [-0.1, -0.05) is 12.1 Å². The van der Waals surface area contributed by atoms with Crippen molar-refractivity contribution < 1.29 is 33.8 Å². The molecular formula is C20H18N2O7S. The summed E-state index contributed by atoms with van der Waals surface area (Å²) in [5.74, 6) is -4.59. The Morgan fingerprint density at radius 3 is 2.17 bits per heavy atom. The van der Waals surface area contributed by atoms with Crippen LogP contribution in [0.3, 0.4) is 0 Å². The van der Waals surface area contributed by atoms with Crippen LogP contribution in [0.2, 0.25) is 0 Å². The maximum Gasteiger partial charge on any atom is 0.397 e. The monoisotopic (exact) mass is 430 g/mol. The molecule has 30 heavy (non-hydrogen) atoms. The molecule has 0 saturated heterocycles. The number of carboxylic acid groups (broad SMARTS) is 1. The number of ether oxygens (including phenoxy) is 1. The summed E-state index contributed by atoms with van der Waals surface area (Å²) in [5.41, 5.74) is -0.605. The highest BCUT2D eigenvalue weighted by Gasteiger charge is 2.36. The molecule has 2 heterocycles. The molecule has 3 rings (SSSR count). The van der Waals surface area contributed by atoms with Crippen molar-refractivity contribution in [1.82, 2.24) is 4.90 Å². The number of carbonyl (C=O) groups excluding carboxylic acids is 4. The summed E-state index contributed by atoms with van der Waals surface area (Å²) in [6.07, 6.45) is 0. The van der Waals surface area contributed by atoms with Crippen LogP contribution in [0.4, 0.5) is 5.00 Å². The molecule has 1 aromatic carbocycles. The quantitative estimate of drug-likeness (QED) is 0.433.